The lowest BCUT2D eigenvalue weighted by Crippen LogP contribution is -2.20. The van der Waals surface area contributed by atoms with Crippen molar-refractivity contribution in [3.63, 3.8) is 0 Å². The summed E-state index contributed by atoms with van der Waals surface area (Å²) >= 11 is 0. The number of Topliss-reactive ketones (excluding diaryl/α,β-unsaturated/α-hetero) is 1. The van der Waals surface area contributed by atoms with E-state index >= 15 is 0 Å². The van der Waals surface area contributed by atoms with Crippen molar-refractivity contribution in [1.29, 1.82) is 0 Å². The minimum absolute atomic E-state index is 0.165. The monoisotopic (exact) mass is 458 g/mol. The first-order chi connectivity index (χ1) is 16.5. The van der Waals surface area contributed by atoms with Gasteiger partial charge in [-0.05, 0) is 29.8 Å². The lowest BCUT2D eigenvalue weighted by molar-refractivity contribution is -0.119. The van der Waals surface area contributed by atoms with Gasteiger partial charge in [-0.2, -0.15) is 0 Å². The fraction of sp³-hybridized carbons (Fsp3) is 0.115. The maximum absolute atomic E-state index is 13.2. The first-order valence-electron chi connectivity index (χ1n) is 10.4. The number of esters is 1. The molecule has 172 valence electrons. The van der Waals surface area contributed by atoms with E-state index in [4.69, 9.17) is 19.9 Å². The van der Waals surface area contributed by atoms with Crippen LogP contribution in [0.3, 0.4) is 0 Å². The average molecular weight is 458 g/mol. The predicted molar refractivity (Wildman–Crippen MR) is 126 cm³/mol. The quantitative estimate of drug-likeness (QED) is 0.291. The van der Waals surface area contributed by atoms with Crippen LogP contribution in [-0.4, -0.2) is 43.0 Å². The summed E-state index contributed by atoms with van der Waals surface area (Å²) in [5, 5.41) is 0.750. The zero-order valence-electron chi connectivity index (χ0n) is 18.4. The standard InChI is InChI=1S/C26H22N2O6/c1-32-22-13-17(11-12-21(22)33-15-23(27)30)26(31)34-14-20(29)24-18-9-5-6-10-19(18)28-25(24)16-7-3-2-4-8-16/h2-13,28H,14-15H2,1H3,(H2,27,30). The maximum atomic E-state index is 13.2. The molecule has 0 radical (unpaired) electrons. The Balaban J connectivity index is 1.54. The molecular formula is C26H22N2O6. The number of H-pyrrole nitrogens is 1. The van der Waals surface area contributed by atoms with Crippen molar-refractivity contribution >= 4 is 28.6 Å². The van der Waals surface area contributed by atoms with Gasteiger partial charge in [0, 0.05) is 10.9 Å². The smallest absolute Gasteiger partial charge is 0.338 e. The number of ether oxygens (including phenoxy) is 3. The first kappa shape index (κ1) is 22.6. The molecule has 0 unspecified atom stereocenters. The number of hydrogen-bond acceptors (Lipinski definition) is 6. The Kier molecular flexibility index (Phi) is 6.59. The van der Waals surface area contributed by atoms with E-state index < -0.39 is 18.5 Å². The maximum Gasteiger partial charge on any atom is 0.338 e. The minimum Gasteiger partial charge on any atom is -0.493 e. The lowest BCUT2D eigenvalue weighted by Gasteiger charge is -2.11. The number of rotatable bonds is 9. The minimum atomic E-state index is -0.700. The summed E-state index contributed by atoms with van der Waals surface area (Å²) in [5.41, 5.74) is 8.04. The zero-order chi connectivity index (χ0) is 24.1. The summed E-state index contributed by atoms with van der Waals surface area (Å²) in [6.45, 7) is -0.772. The van der Waals surface area contributed by atoms with Gasteiger partial charge in [-0.3, -0.25) is 9.59 Å². The second-order valence-electron chi connectivity index (χ2n) is 7.41. The highest BCUT2D eigenvalue weighted by molar-refractivity contribution is 6.14. The second kappa shape index (κ2) is 9.91. The Hall–Kier alpha value is -4.59. The Morgan fingerprint density at radius 2 is 1.62 bits per heavy atom. The van der Waals surface area contributed by atoms with E-state index in [1.54, 1.807) is 0 Å². The van der Waals surface area contributed by atoms with E-state index in [0.29, 0.717) is 11.3 Å². The van der Waals surface area contributed by atoms with Crippen LogP contribution >= 0.6 is 0 Å². The topological polar surface area (TPSA) is 121 Å². The number of amides is 1. The van der Waals surface area contributed by atoms with Gasteiger partial charge >= 0.3 is 5.97 Å². The number of carbonyl (C=O) groups is 3. The number of aromatic amines is 1. The summed E-state index contributed by atoms with van der Waals surface area (Å²) in [6, 6.07) is 21.3. The molecule has 0 spiro atoms. The molecule has 0 fully saturated rings. The number of ketones is 1. The number of nitrogens with two attached hydrogens (primary N) is 1. The number of nitrogens with one attached hydrogen (secondary N) is 1. The van der Waals surface area contributed by atoms with Gasteiger partial charge in [0.15, 0.2) is 24.7 Å². The van der Waals surface area contributed by atoms with E-state index in [9.17, 15) is 14.4 Å². The lowest BCUT2D eigenvalue weighted by atomic mass is 10.0. The number of fused-ring (bicyclic) bond motifs is 1. The van der Waals surface area contributed by atoms with E-state index in [2.05, 4.69) is 4.98 Å². The fourth-order valence-corrected chi connectivity index (χ4v) is 3.60. The molecule has 0 bridgehead atoms. The molecule has 0 aliphatic heterocycles. The Labute approximate surface area is 195 Å². The Morgan fingerprint density at radius 1 is 0.882 bits per heavy atom. The van der Waals surface area contributed by atoms with E-state index in [1.165, 1.54) is 25.3 Å². The zero-order valence-corrected chi connectivity index (χ0v) is 18.4. The molecule has 1 heterocycles. The molecule has 8 heteroatoms. The van der Waals surface area contributed by atoms with E-state index in [1.807, 2.05) is 54.6 Å². The number of primary amides is 1. The average Bonchev–Trinajstić information content (AvgIpc) is 3.26. The van der Waals surface area contributed by atoms with Crippen LogP contribution < -0.4 is 15.2 Å². The van der Waals surface area contributed by atoms with E-state index in [-0.39, 0.29) is 29.5 Å². The molecule has 3 N–H and O–H groups in total. The fourth-order valence-electron chi connectivity index (χ4n) is 3.60. The SMILES string of the molecule is COc1cc(C(=O)OCC(=O)c2c(-c3ccccc3)[nH]c3ccccc23)ccc1OCC(N)=O. The van der Waals surface area contributed by atoms with Crippen LogP contribution in [-0.2, 0) is 9.53 Å². The van der Waals surface area contributed by atoms with Gasteiger partial charge in [0.2, 0.25) is 5.78 Å². The van der Waals surface area contributed by atoms with Crippen molar-refractivity contribution in [2.45, 2.75) is 0 Å². The van der Waals surface area contributed by atoms with Crippen LogP contribution in [0.2, 0.25) is 0 Å². The number of para-hydroxylation sites is 1. The van der Waals surface area contributed by atoms with Crippen LogP contribution in [0.1, 0.15) is 20.7 Å². The van der Waals surface area contributed by atoms with Crippen LogP contribution in [0, 0.1) is 0 Å². The van der Waals surface area contributed by atoms with Crippen molar-refractivity contribution in [3.8, 4) is 22.8 Å². The van der Waals surface area contributed by atoms with Crippen molar-refractivity contribution in [2.75, 3.05) is 20.3 Å². The predicted octanol–water partition coefficient (Wildman–Crippen LogP) is 3.75. The number of aromatic nitrogens is 1. The first-order valence-corrected chi connectivity index (χ1v) is 10.4. The molecule has 0 saturated heterocycles. The molecule has 34 heavy (non-hydrogen) atoms. The van der Waals surface area contributed by atoms with Gasteiger partial charge < -0.3 is 24.9 Å². The molecule has 4 rings (SSSR count). The van der Waals surface area contributed by atoms with Crippen molar-refractivity contribution < 1.29 is 28.6 Å². The number of benzene rings is 3. The molecule has 0 saturated carbocycles. The molecular weight excluding hydrogens is 436 g/mol. The third-order valence-electron chi connectivity index (χ3n) is 5.15. The normalized spacial score (nSPS) is 10.6. The molecule has 0 aliphatic rings. The summed E-state index contributed by atoms with van der Waals surface area (Å²) in [7, 11) is 1.40. The molecule has 4 aromatic rings. The summed E-state index contributed by atoms with van der Waals surface area (Å²) < 4.78 is 15.8. The Bertz CT molecular complexity index is 1360. The van der Waals surface area contributed by atoms with Gasteiger partial charge in [0.1, 0.15) is 0 Å². The molecule has 0 atom stereocenters. The third-order valence-corrected chi connectivity index (χ3v) is 5.15. The molecule has 3 aromatic carbocycles. The van der Waals surface area contributed by atoms with Crippen LogP contribution in [0.25, 0.3) is 22.2 Å². The van der Waals surface area contributed by atoms with Crippen molar-refractivity contribution in [3.05, 3.63) is 83.9 Å². The number of methoxy groups -OCH3 is 1. The van der Waals surface area contributed by atoms with Gasteiger partial charge in [0.05, 0.1) is 23.9 Å². The molecule has 1 aromatic heterocycles. The highest BCUT2D eigenvalue weighted by Crippen LogP contribution is 2.31. The Morgan fingerprint density at radius 3 is 2.35 bits per heavy atom. The van der Waals surface area contributed by atoms with Gasteiger partial charge in [-0.1, -0.05) is 48.5 Å². The summed E-state index contributed by atoms with van der Waals surface area (Å²) in [6.07, 6.45) is 0. The van der Waals surface area contributed by atoms with Gasteiger partial charge in [-0.25, -0.2) is 4.79 Å². The number of carbonyl (C=O) groups excluding carboxylic acids is 3. The van der Waals surface area contributed by atoms with Crippen LogP contribution in [0.15, 0.2) is 72.8 Å². The van der Waals surface area contributed by atoms with Gasteiger partial charge in [-0.15, -0.1) is 0 Å². The summed E-state index contributed by atoms with van der Waals surface area (Å²) in [5.74, 6) is -1.20. The highest BCUT2D eigenvalue weighted by Gasteiger charge is 2.21. The van der Waals surface area contributed by atoms with Gasteiger partial charge in [0.25, 0.3) is 5.91 Å². The second-order valence-corrected chi connectivity index (χ2v) is 7.41. The molecule has 0 aliphatic carbocycles. The van der Waals surface area contributed by atoms with Crippen molar-refractivity contribution in [2.24, 2.45) is 5.73 Å². The van der Waals surface area contributed by atoms with Crippen molar-refractivity contribution in [1.82, 2.24) is 4.98 Å². The molecule has 8 nitrogen and oxygen atoms in total. The van der Waals surface area contributed by atoms with Crippen LogP contribution in [0.5, 0.6) is 11.5 Å². The molecule has 1 amide bonds. The third kappa shape index (κ3) is 4.75. The van der Waals surface area contributed by atoms with Crippen LogP contribution in [0.4, 0.5) is 0 Å². The summed E-state index contributed by atoms with van der Waals surface area (Å²) in [4.78, 5) is 40.1. The highest BCUT2D eigenvalue weighted by atomic mass is 16.5. The largest absolute Gasteiger partial charge is 0.493 e. The number of hydrogen-bond donors (Lipinski definition) is 2. The van der Waals surface area contributed by atoms with E-state index in [0.717, 1.165) is 16.5 Å².